The Labute approximate surface area is 45.2 Å². The van der Waals surface area contributed by atoms with E-state index >= 15 is 0 Å². The van der Waals surface area contributed by atoms with Crippen LogP contribution in [0.5, 0.6) is 0 Å². The van der Waals surface area contributed by atoms with Gasteiger partial charge in [-0.05, 0) is 25.8 Å². The van der Waals surface area contributed by atoms with Crippen LogP contribution >= 0.6 is 0 Å². The molecule has 0 rings (SSSR count). The van der Waals surface area contributed by atoms with E-state index in [0.29, 0.717) is 0 Å². The van der Waals surface area contributed by atoms with Crippen LogP contribution in [0.2, 0.25) is 0 Å². The molecule has 0 saturated heterocycles. The Morgan fingerprint density at radius 3 is 2.57 bits per heavy atom. The predicted octanol–water partition coefficient (Wildman–Crippen LogP) is 1.10. The standard InChI is InChI=1S/C6H12N/c1-2-3-4-5-6-7/h1-2H,3-7H2. The zero-order valence-electron chi connectivity index (χ0n) is 4.56. The molecule has 7 heavy (non-hydrogen) atoms. The number of allylic oxidation sites excluding steroid dienone is 1. The molecule has 41 valence electrons. The molecule has 0 atom stereocenters. The molecule has 0 aliphatic carbocycles. The van der Waals surface area contributed by atoms with Gasteiger partial charge in [-0.3, -0.25) is 0 Å². The molecule has 1 nitrogen and oxygen atoms in total. The van der Waals surface area contributed by atoms with Gasteiger partial charge in [-0.25, -0.2) is 0 Å². The average Bonchev–Trinajstić information content (AvgIpc) is 1.69. The molecule has 2 N–H and O–H groups in total. The van der Waals surface area contributed by atoms with Crippen molar-refractivity contribution in [1.29, 1.82) is 0 Å². The Hall–Kier alpha value is -0.300. The fraction of sp³-hybridized carbons (Fsp3) is 0.667. The topological polar surface area (TPSA) is 26.0 Å². The second-order valence-electron chi connectivity index (χ2n) is 1.52. The number of hydrogen-bond acceptors (Lipinski definition) is 1. The molecular weight excluding hydrogens is 86.1 g/mol. The molecule has 0 fully saturated rings. The van der Waals surface area contributed by atoms with E-state index in [1.54, 1.807) is 6.08 Å². The molecule has 0 saturated carbocycles. The molecule has 0 aromatic carbocycles. The van der Waals surface area contributed by atoms with Crippen LogP contribution in [0.25, 0.3) is 0 Å². The van der Waals surface area contributed by atoms with Crippen molar-refractivity contribution in [3.8, 4) is 0 Å². The summed E-state index contributed by atoms with van der Waals surface area (Å²) in [6, 6.07) is 0. The van der Waals surface area contributed by atoms with Gasteiger partial charge in [0.2, 0.25) is 0 Å². The summed E-state index contributed by atoms with van der Waals surface area (Å²) < 4.78 is 0. The van der Waals surface area contributed by atoms with E-state index in [0.717, 1.165) is 25.8 Å². The summed E-state index contributed by atoms with van der Waals surface area (Å²) >= 11 is 0. The van der Waals surface area contributed by atoms with E-state index in [-0.39, 0.29) is 0 Å². The third kappa shape index (κ3) is 5.70. The molecule has 0 spiro atoms. The fourth-order valence-electron chi connectivity index (χ4n) is 0.407. The second kappa shape index (κ2) is 5.70. The second-order valence-corrected chi connectivity index (χ2v) is 1.52. The van der Waals surface area contributed by atoms with Gasteiger partial charge in [0.25, 0.3) is 0 Å². The predicted molar refractivity (Wildman–Crippen MR) is 31.8 cm³/mol. The minimum Gasteiger partial charge on any atom is -0.330 e. The summed E-state index contributed by atoms with van der Waals surface area (Å²) in [7, 11) is 0. The van der Waals surface area contributed by atoms with Gasteiger partial charge < -0.3 is 5.73 Å². The third-order valence-electron chi connectivity index (χ3n) is 0.825. The van der Waals surface area contributed by atoms with E-state index in [9.17, 15) is 0 Å². The molecule has 1 radical (unpaired) electrons. The maximum atomic E-state index is 5.21. The summed E-state index contributed by atoms with van der Waals surface area (Å²) in [5.74, 6) is 0. The number of rotatable bonds is 4. The highest BCUT2D eigenvalue weighted by Crippen LogP contribution is 1.91. The minimum absolute atomic E-state index is 0.786. The van der Waals surface area contributed by atoms with E-state index in [1.807, 2.05) is 0 Å². The van der Waals surface area contributed by atoms with Gasteiger partial charge in [-0.1, -0.05) is 12.7 Å². The maximum Gasteiger partial charge on any atom is -0.00772 e. The molecular formula is C6H12N. The van der Waals surface area contributed by atoms with Crippen LogP contribution in [0.4, 0.5) is 0 Å². The van der Waals surface area contributed by atoms with Gasteiger partial charge in [0.05, 0.1) is 0 Å². The average molecular weight is 98.2 g/mol. The number of hydrogen-bond donors (Lipinski definition) is 1. The van der Waals surface area contributed by atoms with Gasteiger partial charge in [-0.2, -0.15) is 0 Å². The highest BCUT2D eigenvalue weighted by Gasteiger charge is 1.77. The largest absolute Gasteiger partial charge is 0.330 e. The molecule has 0 bridgehead atoms. The van der Waals surface area contributed by atoms with Crippen LogP contribution in [0.3, 0.4) is 0 Å². The lowest BCUT2D eigenvalue weighted by Gasteiger charge is -1.88. The summed E-state index contributed by atoms with van der Waals surface area (Å²) in [6.07, 6.45) is 4.90. The van der Waals surface area contributed by atoms with Gasteiger partial charge >= 0.3 is 0 Å². The Bertz CT molecular complexity index is 41.4. The van der Waals surface area contributed by atoms with Crippen LogP contribution in [-0.4, -0.2) is 6.54 Å². The Morgan fingerprint density at radius 2 is 2.14 bits per heavy atom. The van der Waals surface area contributed by atoms with Crippen LogP contribution in [0.15, 0.2) is 6.08 Å². The lowest BCUT2D eigenvalue weighted by molar-refractivity contribution is 0.759. The lowest BCUT2D eigenvalue weighted by atomic mass is 10.2. The van der Waals surface area contributed by atoms with Gasteiger partial charge in [0, 0.05) is 0 Å². The van der Waals surface area contributed by atoms with Crippen LogP contribution < -0.4 is 5.73 Å². The summed E-state index contributed by atoms with van der Waals surface area (Å²) in [5, 5.41) is 0. The fourth-order valence-corrected chi connectivity index (χ4v) is 0.407. The Kier molecular flexibility index (Phi) is 5.46. The van der Waals surface area contributed by atoms with Crippen LogP contribution in [0, 0.1) is 6.58 Å². The van der Waals surface area contributed by atoms with E-state index in [1.165, 1.54) is 0 Å². The zero-order chi connectivity index (χ0) is 5.54. The van der Waals surface area contributed by atoms with Crippen molar-refractivity contribution >= 4 is 0 Å². The van der Waals surface area contributed by atoms with Crippen LogP contribution in [-0.2, 0) is 0 Å². The van der Waals surface area contributed by atoms with Crippen LogP contribution in [0.1, 0.15) is 19.3 Å². The quantitative estimate of drug-likeness (QED) is 0.523. The van der Waals surface area contributed by atoms with E-state index in [2.05, 4.69) is 0 Å². The smallest absolute Gasteiger partial charge is 0.00772 e. The van der Waals surface area contributed by atoms with E-state index < -0.39 is 0 Å². The molecule has 0 aliphatic rings. The highest BCUT2D eigenvalue weighted by atomic mass is 14.5. The van der Waals surface area contributed by atoms with E-state index in [4.69, 9.17) is 12.3 Å². The summed E-state index contributed by atoms with van der Waals surface area (Å²) in [6.45, 7) is 5.89. The van der Waals surface area contributed by atoms with Crippen molar-refractivity contribution in [2.75, 3.05) is 6.54 Å². The maximum absolute atomic E-state index is 5.21. The van der Waals surface area contributed by atoms with Gasteiger partial charge in [0.15, 0.2) is 0 Å². The number of nitrogens with two attached hydrogens (primary N) is 1. The molecule has 0 aromatic rings. The molecule has 1 heteroatoms. The molecule has 0 aliphatic heterocycles. The van der Waals surface area contributed by atoms with Crippen molar-refractivity contribution in [3.63, 3.8) is 0 Å². The highest BCUT2D eigenvalue weighted by molar-refractivity contribution is 4.61. The van der Waals surface area contributed by atoms with Gasteiger partial charge in [-0.15, -0.1) is 0 Å². The third-order valence-corrected chi connectivity index (χ3v) is 0.825. The number of unbranched alkanes of at least 4 members (excludes halogenated alkanes) is 2. The van der Waals surface area contributed by atoms with Crippen molar-refractivity contribution in [2.45, 2.75) is 19.3 Å². The molecule has 0 unspecified atom stereocenters. The minimum atomic E-state index is 0.786. The zero-order valence-corrected chi connectivity index (χ0v) is 4.56. The Balaban J connectivity index is 2.56. The van der Waals surface area contributed by atoms with Crippen molar-refractivity contribution in [2.24, 2.45) is 5.73 Å². The van der Waals surface area contributed by atoms with Gasteiger partial charge in [0.1, 0.15) is 0 Å². The molecule has 0 amide bonds. The SMILES string of the molecule is [CH]=CCCCCN. The normalized spacial score (nSPS) is 8.71. The van der Waals surface area contributed by atoms with Crippen molar-refractivity contribution in [1.82, 2.24) is 0 Å². The first-order valence-electron chi connectivity index (χ1n) is 2.65. The first-order chi connectivity index (χ1) is 3.41. The van der Waals surface area contributed by atoms with Crippen molar-refractivity contribution in [3.05, 3.63) is 12.7 Å². The first-order valence-corrected chi connectivity index (χ1v) is 2.65. The Morgan fingerprint density at radius 1 is 1.43 bits per heavy atom. The first kappa shape index (κ1) is 6.70. The lowest BCUT2D eigenvalue weighted by Crippen LogP contribution is -1.96. The van der Waals surface area contributed by atoms with Crippen molar-refractivity contribution < 1.29 is 0 Å². The summed E-state index contributed by atoms with van der Waals surface area (Å²) in [5.41, 5.74) is 5.21. The monoisotopic (exact) mass is 98.1 g/mol. The molecule has 0 aromatic heterocycles. The molecule has 0 heterocycles. The summed E-state index contributed by atoms with van der Waals surface area (Å²) in [4.78, 5) is 0.